The predicted octanol–water partition coefficient (Wildman–Crippen LogP) is 3.19. The lowest BCUT2D eigenvalue weighted by Gasteiger charge is -2.36. The summed E-state index contributed by atoms with van der Waals surface area (Å²) in [5.74, 6) is -0.147. The van der Waals surface area contributed by atoms with Gasteiger partial charge in [-0.25, -0.2) is 0 Å². The van der Waals surface area contributed by atoms with Crippen LogP contribution in [0.15, 0.2) is 36.5 Å². The molecule has 2 aromatic rings. The zero-order valence-electron chi connectivity index (χ0n) is 17.4. The molecule has 0 atom stereocenters. The van der Waals surface area contributed by atoms with Crippen molar-refractivity contribution in [1.29, 1.82) is 0 Å². The average Bonchev–Trinajstić information content (AvgIpc) is 2.87. The molecule has 0 unspecified atom stereocenters. The van der Waals surface area contributed by atoms with E-state index in [9.17, 15) is 9.90 Å². The van der Waals surface area contributed by atoms with Crippen molar-refractivity contribution in [1.82, 2.24) is 15.2 Å². The lowest BCUT2D eigenvalue weighted by molar-refractivity contribution is 0.0736. The number of pyridine rings is 1. The molecule has 4 rings (SSSR count). The summed E-state index contributed by atoms with van der Waals surface area (Å²) in [7, 11) is 0. The third-order valence-corrected chi connectivity index (χ3v) is 6.30. The van der Waals surface area contributed by atoms with Gasteiger partial charge in [-0.15, -0.1) is 0 Å². The van der Waals surface area contributed by atoms with Crippen LogP contribution in [-0.2, 0) is 25.0 Å². The molecule has 1 saturated carbocycles. The Morgan fingerprint density at radius 2 is 1.93 bits per heavy atom. The van der Waals surface area contributed by atoms with E-state index in [0.29, 0.717) is 17.8 Å². The summed E-state index contributed by atoms with van der Waals surface area (Å²) >= 11 is 0. The first-order valence-electron chi connectivity index (χ1n) is 10.7. The van der Waals surface area contributed by atoms with E-state index in [1.54, 1.807) is 26.0 Å². The second-order valence-electron chi connectivity index (χ2n) is 8.90. The van der Waals surface area contributed by atoms with Gasteiger partial charge in [0.05, 0.1) is 11.3 Å². The van der Waals surface area contributed by atoms with Gasteiger partial charge in [0.1, 0.15) is 5.60 Å². The van der Waals surface area contributed by atoms with E-state index in [4.69, 9.17) is 0 Å². The number of fused-ring (bicyclic) bond motifs is 1. The summed E-state index contributed by atoms with van der Waals surface area (Å²) in [6.45, 7) is 6.18. The van der Waals surface area contributed by atoms with E-state index >= 15 is 0 Å². The van der Waals surface area contributed by atoms with Gasteiger partial charge in [0.15, 0.2) is 0 Å². The topological polar surface area (TPSA) is 65.5 Å². The van der Waals surface area contributed by atoms with Crippen molar-refractivity contribution in [3.05, 3.63) is 64.5 Å². The zero-order chi connectivity index (χ0) is 20.4. The highest BCUT2D eigenvalue weighted by atomic mass is 16.3. The first kappa shape index (κ1) is 20.0. The van der Waals surface area contributed by atoms with Crippen molar-refractivity contribution < 1.29 is 9.90 Å². The van der Waals surface area contributed by atoms with Gasteiger partial charge in [0.25, 0.3) is 5.91 Å². The molecule has 0 radical (unpaired) electrons. The lowest BCUT2D eigenvalue weighted by Crippen LogP contribution is -2.41. The van der Waals surface area contributed by atoms with Crippen LogP contribution in [0.3, 0.4) is 0 Å². The fraction of sp³-hybridized carbons (Fsp3) is 0.500. The second kappa shape index (κ2) is 8.25. The molecule has 2 aliphatic rings. The molecule has 29 heavy (non-hydrogen) atoms. The fourth-order valence-electron chi connectivity index (χ4n) is 4.20. The first-order valence-corrected chi connectivity index (χ1v) is 10.7. The number of aromatic nitrogens is 1. The minimum absolute atomic E-state index is 0.147. The van der Waals surface area contributed by atoms with E-state index < -0.39 is 5.60 Å². The number of carbonyl (C=O) groups is 1. The van der Waals surface area contributed by atoms with E-state index in [0.717, 1.165) is 31.0 Å². The average molecular weight is 394 g/mol. The van der Waals surface area contributed by atoms with Crippen LogP contribution < -0.4 is 5.32 Å². The standard InChI is InChI=1S/C24H31N3O2/c1-24(2,29)22-9-8-20(16-25-22)23(28)26-15-17-6-7-18-10-12-27(21-4-3-5-21)13-11-19(18)14-17/h6-9,14,16,21,29H,3-5,10-13,15H2,1-2H3,(H,26,28). The summed E-state index contributed by atoms with van der Waals surface area (Å²) in [6, 6.07) is 10.8. The van der Waals surface area contributed by atoms with Gasteiger partial charge in [0.2, 0.25) is 0 Å². The Morgan fingerprint density at radius 1 is 1.17 bits per heavy atom. The number of aliphatic hydroxyl groups is 1. The summed E-state index contributed by atoms with van der Waals surface area (Å²) in [4.78, 5) is 19.3. The molecule has 2 N–H and O–H groups in total. The van der Waals surface area contributed by atoms with Gasteiger partial charge in [-0.1, -0.05) is 24.6 Å². The molecule has 1 fully saturated rings. The van der Waals surface area contributed by atoms with Crippen molar-refractivity contribution >= 4 is 5.91 Å². The molecule has 1 aliphatic carbocycles. The minimum atomic E-state index is -1.01. The van der Waals surface area contributed by atoms with Crippen LogP contribution in [0, 0.1) is 0 Å². The maximum atomic E-state index is 12.5. The number of rotatable bonds is 5. The van der Waals surface area contributed by atoms with Crippen LogP contribution in [0.5, 0.6) is 0 Å². The molecule has 0 saturated heterocycles. The Morgan fingerprint density at radius 3 is 2.55 bits per heavy atom. The number of nitrogens with one attached hydrogen (secondary N) is 1. The molecule has 1 amide bonds. The highest BCUT2D eigenvalue weighted by Crippen LogP contribution is 2.27. The first-order chi connectivity index (χ1) is 13.9. The summed E-state index contributed by atoms with van der Waals surface area (Å²) in [6.07, 6.45) is 7.84. The molecule has 1 aliphatic heterocycles. The molecule has 0 spiro atoms. The number of hydrogen-bond acceptors (Lipinski definition) is 4. The Bertz CT molecular complexity index is 867. The smallest absolute Gasteiger partial charge is 0.253 e. The summed E-state index contributed by atoms with van der Waals surface area (Å²) in [5.41, 5.74) is 4.06. The van der Waals surface area contributed by atoms with Crippen LogP contribution in [0.2, 0.25) is 0 Å². The molecule has 1 aromatic carbocycles. The van der Waals surface area contributed by atoms with Gasteiger partial charge < -0.3 is 10.4 Å². The molecule has 1 aromatic heterocycles. The van der Waals surface area contributed by atoms with Crippen LogP contribution in [0.1, 0.15) is 65.9 Å². The monoisotopic (exact) mass is 393 g/mol. The van der Waals surface area contributed by atoms with Crippen molar-refractivity contribution in [2.75, 3.05) is 13.1 Å². The highest BCUT2D eigenvalue weighted by molar-refractivity contribution is 5.93. The van der Waals surface area contributed by atoms with Crippen molar-refractivity contribution in [3.63, 3.8) is 0 Å². The Balaban J connectivity index is 1.36. The third-order valence-electron chi connectivity index (χ3n) is 6.30. The van der Waals surface area contributed by atoms with E-state index in [1.807, 2.05) is 0 Å². The number of hydrogen-bond donors (Lipinski definition) is 2. The molecular formula is C24H31N3O2. The second-order valence-corrected chi connectivity index (χ2v) is 8.90. The zero-order valence-corrected chi connectivity index (χ0v) is 17.4. The maximum absolute atomic E-state index is 12.5. The van der Waals surface area contributed by atoms with Crippen LogP contribution in [-0.4, -0.2) is 40.0 Å². The normalized spacial score (nSPS) is 17.9. The largest absolute Gasteiger partial charge is 0.384 e. The van der Waals surface area contributed by atoms with Crippen LogP contribution in [0.25, 0.3) is 0 Å². The molecule has 154 valence electrons. The van der Waals surface area contributed by atoms with Crippen molar-refractivity contribution in [3.8, 4) is 0 Å². The summed E-state index contributed by atoms with van der Waals surface area (Å²) in [5, 5.41) is 13.0. The Kier molecular flexibility index (Phi) is 5.70. The number of benzene rings is 1. The number of nitrogens with zero attached hydrogens (tertiary/aromatic N) is 2. The van der Waals surface area contributed by atoms with Crippen LogP contribution in [0.4, 0.5) is 0 Å². The van der Waals surface area contributed by atoms with Crippen molar-refractivity contribution in [2.45, 2.75) is 64.1 Å². The fourth-order valence-corrected chi connectivity index (χ4v) is 4.20. The minimum Gasteiger partial charge on any atom is -0.384 e. The highest BCUT2D eigenvalue weighted by Gasteiger charge is 2.26. The number of carbonyl (C=O) groups excluding carboxylic acids is 1. The van der Waals surface area contributed by atoms with Gasteiger partial charge in [-0.05, 0) is 68.4 Å². The van der Waals surface area contributed by atoms with E-state index in [1.165, 1.54) is 43.1 Å². The quantitative estimate of drug-likeness (QED) is 0.819. The molecule has 5 heteroatoms. The van der Waals surface area contributed by atoms with Gasteiger partial charge >= 0.3 is 0 Å². The van der Waals surface area contributed by atoms with Gasteiger partial charge in [-0.3, -0.25) is 14.7 Å². The molecule has 2 heterocycles. The van der Waals surface area contributed by atoms with Gasteiger partial charge in [-0.2, -0.15) is 0 Å². The molecule has 5 nitrogen and oxygen atoms in total. The molecule has 0 bridgehead atoms. The van der Waals surface area contributed by atoms with Crippen LogP contribution >= 0.6 is 0 Å². The Hall–Kier alpha value is -2.24. The number of amides is 1. The maximum Gasteiger partial charge on any atom is 0.253 e. The predicted molar refractivity (Wildman–Crippen MR) is 114 cm³/mol. The lowest BCUT2D eigenvalue weighted by atomic mass is 9.91. The van der Waals surface area contributed by atoms with Crippen molar-refractivity contribution in [2.24, 2.45) is 0 Å². The molecular weight excluding hydrogens is 362 g/mol. The summed E-state index contributed by atoms with van der Waals surface area (Å²) < 4.78 is 0. The Labute approximate surface area is 173 Å². The third kappa shape index (κ3) is 4.68. The van der Waals surface area contributed by atoms with Gasteiger partial charge in [0, 0.05) is 31.9 Å². The van der Waals surface area contributed by atoms with E-state index in [-0.39, 0.29) is 5.91 Å². The van der Waals surface area contributed by atoms with E-state index in [2.05, 4.69) is 33.4 Å². The SMILES string of the molecule is CC(C)(O)c1ccc(C(=O)NCc2ccc3c(c2)CCN(C2CCC2)CC3)cn1.